The van der Waals surface area contributed by atoms with Gasteiger partial charge in [-0.15, -0.1) is 0 Å². The van der Waals surface area contributed by atoms with Gasteiger partial charge < -0.3 is 9.26 Å². The molecule has 0 aliphatic rings. The first-order chi connectivity index (χ1) is 12.5. The molecule has 4 rings (SSSR count). The van der Waals surface area contributed by atoms with Gasteiger partial charge in [-0.25, -0.2) is 0 Å². The van der Waals surface area contributed by atoms with E-state index in [1.165, 1.54) is 12.3 Å². The quantitative estimate of drug-likeness (QED) is 0.595. The third kappa shape index (κ3) is 3.06. The summed E-state index contributed by atoms with van der Waals surface area (Å²) in [7, 11) is 0. The van der Waals surface area contributed by atoms with Gasteiger partial charge in [0.1, 0.15) is 17.9 Å². The Labute approximate surface area is 143 Å². The monoisotopic (exact) mass is 362 g/mol. The Morgan fingerprint density at radius 1 is 1.12 bits per heavy atom. The smallest absolute Gasteiger partial charge is 0.471 e. The molecule has 0 saturated heterocycles. The van der Waals surface area contributed by atoms with Crippen LogP contribution < -0.4 is 4.74 Å². The summed E-state index contributed by atoms with van der Waals surface area (Å²) in [6.07, 6.45) is -3.34. The highest BCUT2D eigenvalue weighted by atomic mass is 19.4. The third-order valence-electron chi connectivity index (χ3n) is 3.44. The number of aromatic nitrogens is 6. The predicted molar refractivity (Wildman–Crippen MR) is 80.8 cm³/mol. The Bertz CT molecular complexity index is 1040. The molecule has 0 aliphatic carbocycles. The fourth-order valence-corrected chi connectivity index (χ4v) is 2.21. The van der Waals surface area contributed by atoms with E-state index in [9.17, 15) is 13.2 Å². The van der Waals surface area contributed by atoms with E-state index in [-0.39, 0.29) is 12.4 Å². The van der Waals surface area contributed by atoms with Crippen LogP contribution in [0.5, 0.6) is 5.75 Å². The van der Waals surface area contributed by atoms with E-state index >= 15 is 0 Å². The van der Waals surface area contributed by atoms with Gasteiger partial charge in [0.2, 0.25) is 5.82 Å². The van der Waals surface area contributed by atoms with Crippen LogP contribution in [0.2, 0.25) is 0 Å². The van der Waals surface area contributed by atoms with E-state index in [0.29, 0.717) is 28.0 Å². The highest BCUT2D eigenvalue weighted by Gasteiger charge is 2.38. The molecule has 0 aliphatic heterocycles. The third-order valence-corrected chi connectivity index (χ3v) is 3.44. The number of ether oxygens (including phenoxy) is 1. The predicted octanol–water partition coefficient (Wildman–Crippen LogP) is 3.00. The SMILES string of the molecule is FC(F)(F)c1nc(-c2ccc(COc3cccc4n[nH]nc34)nc2)no1. The normalized spacial score (nSPS) is 11.8. The number of rotatable bonds is 4. The first-order valence-electron chi connectivity index (χ1n) is 7.29. The molecule has 3 aromatic heterocycles. The molecule has 4 aromatic rings. The summed E-state index contributed by atoms with van der Waals surface area (Å²) in [4.78, 5) is 7.45. The van der Waals surface area contributed by atoms with Crippen LogP contribution in [0.4, 0.5) is 13.2 Å². The summed E-state index contributed by atoms with van der Waals surface area (Å²) in [5.74, 6) is -1.06. The summed E-state index contributed by atoms with van der Waals surface area (Å²) in [6.45, 7) is 0.145. The summed E-state index contributed by atoms with van der Waals surface area (Å²) in [5, 5.41) is 13.8. The number of halogens is 3. The van der Waals surface area contributed by atoms with Crippen LogP contribution in [0.25, 0.3) is 22.4 Å². The molecule has 11 heteroatoms. The van der Waals surface area contributed by atoms with E-state index in [1.54, 1.807) is 24.3 Å². The number of benzene rings is 1. The first-order valence-corrected chi connectivity index (χ1v) is 7.29. The Morgan fingerprint density at radius 3 is 2.73 bits per heavy atom. The lowest BCUT2D eigenvalue weighted by Crippen LogP contribution is -2.04. The first kappa shape index (κ1) is 16.0. The molecule has 1 aromatic carbocycles. The zero-order valence-electron chi connectivity index (χ0n) is 12.9. The Kier molecular flexibility index (Phi) is 3.75. The number of H-pyrrole nitrogens is 1. The molecule has 1 N–H and O–H groups in total. The standard InChI is InChI=1S/C15H9F3N6O2/c16-15(17,18)14-20-13(23-26-14)8-4-5-9(19-6-8)7-25-11-3-1-2-10-12(11)22-24-21-10/h1-6H,7H2,(H,21,22,24). The van der Waals surface area contributed by atoms with Crippen LogP contribution in [-0.4, -0.2) is 30.5 Å². The molecule has 0 amide bonds. The number of fused-ring (bicyclic) bond motifs is 1. The summed E-state index contributed by atoms with van der Waals surface area (Å²) in [5.41, 5.74) is 2.12. The van der Waals surface area contributed by atoms with Gasteiger partial charge in [-0.1, -0.05) is 11.2 Å². The van der Waals surface area contributed by atoms with Crippen molar-refractivity contribution >= 4 is 11.0 Å². The molecule has 8 nitrogen and oxygen atoms in total. The number of pyridine rings is 1. The summed E-state index contributed by atoms with van der Waals surface area (Å²) < 4.78 is 47.3. The van der Waals surface area contributed by atoms with Gasteiger partial charge in [0, 0.05) is 11.8 Å². The second-order valence-corrected chi connectivity index (χ2v) is 5.20. The average molecular weight is 362 g/mol. The lowest BCUT2D eigenvalue weighted by atomic mass is 10.2. The molecular weight excluding hydrogens is 353 g/mol. The van der Waals surface area contributed by atoms with E-state index in [1.807, 2.05) is 0 Å². The van der Waals surface area contributed by atoms with Crippen LogP contribution in [0.1, 0.15) is 11.6 Å². The summed E-state index contributed by atoms with van der Waals surface area (Å²) in [6, 6.07) is 8.45. The maximum Gasteiger partial charge on any atom is 0.471 e. The van der Waals surface area contributed by atoms with Crippen LogP contribution in [0.3, 0.4) is 0 Å². The number of para-hydroxylation sites is 1. The van der Waals surface area contributed by atoms with Gasteiger partial charge >= 0.3 is 12.1 Å². The van der Waals surface area contributed by atoms with Crippen molar-refractivity contribution in [2.24, 2.45) is 0 Å². The van der Waals surface area contributed by atoms with E-state index in [0.717, 1.165) is 0 Å². The van der Waals surface area contributed by atoms with E-state index < -0.39 is 12.1 Å². The maximum absolute atomic E-state index is 12.5. The van der Waals surface area contributed by atoms with Gasteiger partial charge in [0.25, 0.3) is 0 Å². The highest BCUT2D eigenvalue weighted by molar-refractivity contribution is 5.80. The van der Waals surface area contributed by atoms with Crippen LogP contribution in [-0.2, 0) is 12.8 Å². The number of nitrogens with one attached hydrogen (secondary N) is 1. The van der Waals surface area contributed by atoms with E-state index in [4.69, 9.17) is 4.74 Å². The second-order valence-electron chi connectivity index (χ2n) is 5.20. The molecule has 0 spiro atoms. The van der Waals surface area contributed by atoms with E-state index in [2.05, 4.69) is 35.1 Å². The van der Waals surface area contributed by atoms with Crippen molar-refractivity contribution in [3.8, 4) is 17.1 Å². The van der Waals surface area contributed by atoms with Crippen molar-refractivity contribution in [2.45, 2.75) is 12.8 Å². The molecule has 0 fully saturated rings. The number of hydrogen-bond acceptors (Lipinski definition) is 7. The van der Waals surface area contributed by atoms with Crippen LogP contribution in [0.15, 0.2) is 41.1 Å². The zero-order chi connectivity index (χ0) is 18.1. The minimum Gasteiger partial charge on any atom is -0.485 e. The molecule has 0 saturated carbocycles. The second kappa shape index (κ2) is 6.10. The lowest BCUT2D eigenvalue weighted by Gasteiger charge is -2.06. The van der Waals surface area contributed by atoms with Crippen molar-refractivity contribution in [1.29, 1.82) is 0 Å². The van der Waals surface area contributed by atoms with Crippen molar-refractivity contribution in [2.75, 3.05) is 0 Å². The molecule has 3 heterocycles. The maximum atomic E-state index is 12.5. The van der Waals surface area contributed by atoms with Crippen LogP contribution >= 0.6 is 0 Å². The fourth-order valence-electron chi connectivity index (χ4n) is 2.21. The van der Waals surface area contributed by atoms with Crippen molar-refractivity contribution in [1.82, 2.24) is 30.5 Å². The van der Waals surface area contributed by atoms with Gasteiger partial charge in [0.15, 0.2) is 5.52 Å². The minimum atomic E-state index is -4.69. The van der Waals surface area contributed by atoms with Gasteiger partial charge in [-0.05, 0) is 24.3 Å². The molecular formula is C15H9F3N6O2. The number of hydrogen-bond donors (Lipinski definition) is 1. The molecule has 0 unspecified atom stereocenters. The molecule has 0 bridgehead atoms. The van der Waals surface area contributed by atoms with Crippen molar-refractivity contribution < 1.29 is 22.4 Å². The summed E-state index contributed by atoms with van der Waals surface area (Å²) >= 11 is 0. The molecule has 0 atom stereocenters. The number of aromatic amines is 1. The fraction of sp³-hybridized carbons (Fsp3) is 0.133. The molecule has 26 heavy (non-hydrogen) atoms. The van der Waals surface area contributed by atoms with Gasteiger partial charge in [-0.2, -0.15) is 33.6 Å². The molecule has 0 radical (unpaired) electrons. The average Bonchev–Trinajstić information content (AvgIpc) is 3.29. The number of nitrogens with zero attached hydrogens (tertiary/aromatic N) is 5. The van der Waals surface area contributed by atoms with Gasteiger partial charge in [-0.3, -0.25) is 4.98 Å². The zero-order valence-corrected chi connectivity index (χ0v) is 12.9. The Morgan fingerprint density at radius 2 is 2.00 bits per heavy atom. The van der Waals surface area contributed by atoms with Crippen molar-refractivity contribution in [3.63, 3.8) is 0 Å². The minimum absolute atomic E-state index is 0.145. The van der Waals surface area contributed by atoms with Crippen molar-refractivity contribution in [3.05, 3.63) is 48.1 Å². The molecule has 132 valence electrons. The number of alkyl halides is 3. The topological polar surface area (TPSA) is 103 Å². The lowest BCUT2D eigenvalue weighted by molar-refractivity contribution is -0.159. The Hall–Kier alpha value is -3.50. The van der Waals surface area contributed by atoms with Crippen LogP contribution in [0, 0.1) is 0 Å². The van der Waals surface area contributed by atoms with Gasteiger partial charge in [0.05, 0.1) is 5.69 Å². The highest BCUT2D eigenvalue weighted by Crippen LogP contribution is 2.29. The largest absolute Gasteiger partial charge is 0.485 e. The Balaban J connectivity index is 1.48.